The molecule has 2 N–H and O–H groups in total. The van der Waals surface area contributed by atoms with Crippen molar-refractivity contribution in [3.8, 4) is 0 Å². The molecule has 2 heterocycles. The zero-order chi connectivity index (χ0) is 17.3. The van der Waals surface area contributed by atoms with Crippen LogP contribution in [-0.4, -0.2) is 16.9 Å². The van der Waals surface area contributed by atoms with Crippen LogP contribution in [0.3, 0.4) is 0 Å². The first-order chi connectivity index (χ1) is 11.4. The molecular weight excluding hydrogens is 300 g/mol. The minimum atomic E-state index is -0.0855. The summed E-state index contributed by atoms with van der Waals surface area (Å²) >= 11 is 0. The van der Waals surface area contributed by atoms with E-state index < -0.39 is 0 Å². The molecule has 1 aliphatic heterocycles. The normalized spacial score (nSPS) is 17.9. The number of aryl methyl sites for hydroxylation is 3. The number of hydrogen-bond acceptors (Lipinski definition) is 2. The number of carbonyl (C=O) groups is 1. The summed E-state index contributed by atoms with van der Waals surface area (Å²) in [6.07, 6.45) is 3.38. The molecule has 4 nitrogen and oxygen atoms in total. The van der Waals surface area contributed by atoms with Crippen molar-refractivity contribution in [2.75, 3.05) is 0 Å². The van der Waals surface area contributed by atoms with E-state index in [1.807, 2.05) is 12.1 Å². The van der Waals surface area contributed by atoms with Crippen LogP contribution in [0.15, 0.2) is 41.2 Å². The quantitative estimate of drug-likeness (QED) is 0.912. The Morgan fingerprint density at radius 3 is 2.42 bits per heavy atom. The van der Waals surface area contributed by atoms with E-state index in [1.54, 1.807) is 6.92 Å². The zero-order valence-corrected chi connectivity index (χ0v) is 14.3. The summed E-state index contributed by atoms with van der Waals surface area (Å²) in [4.78, 5) is 26.5. The fraction of sp³-hybridized carbons (Fsp3) is 0.300. The van der Waals surface area contributed by atoms with Gasteiger partial charge in [-0.3, -0.25) is 9.59 Å². The Labute approximate surface area is 141 Å². The number of pyridine rings is 1. The lowest BCUT2D eigenvalue weighted by Gasteiger charge is -2.14. The largest absolute Gasteiger partial charge is 0.350 e. The number of benzene rings is 1. The van der Waals surface area contributed by atoms with Crippen LogP contribution in [0.2, 0.25) is 0 Å². The molecule has 1 amide bonds. The molecule has 2 aromatic rings. The summed E-state index contributed by atoms with van der Waals surface area (Å²) < 4.78 is 0. The highest BCUT2D eigenvalue weighted by atomic mass is 16.2. The Balaban J connectivity index is 2.10. The van der Waals surface area contributed by atoms with Gasteiger partial charge in [0, 0.05) is 29.3 Å². The molecule has 1 atom stereocenters. The van der Waals surface area contributed by atoms with Crippen LogP contribution < -0.4 is 10.9 Å². The van der Waals surface area contributed by atoms with E-state index in [-0.39, 0.29) is 17.5 Å². The molecule has 0 unspecified atom stereocenters. The second kappa shape index (κ2) is 6.48. The smallest absolute Gasteiger partial charge is 0.251 e. The molecule has 0 bridgehead atoms. The van der Waals surface area contributed by atoms with Crippen molar-refractivity contribution in [3.63, 3.8) is 0 Å². The van der Waals surface area contributed by atoms with Gasteiger partial charge in [0.25, 0.3) is 5.56 Å². The molecule has 1 fully saturated rings. The standard InChI is InChI=1S/C20H22N2O2/c1-12-4-6-15(10-14(12)3)17(11-16-7-9-19(23)21-16)18-8-5-13(2)20(24)22-18/h4-6,8,10-11,16H,7,9H2,1-3H3,(H,21,23)(H,22,24)/b17-11+/t16-/m1/s1. The Kier molecular flexibility index (Phi) is 4.38. The minimum Gasteiger partial charge on any atom is -0.350 e. The number of carbonyl (C=O) groups excluding carboxylic acids is 1. The molecule has 24 heavy (non-hydrogen) atoms. The fourth-order valence-electron chi connectivity index (χ4n) is 2.92. The van der Waals surface area contributed by atoms with Crippen molar-refractivity contribution in [2.24, 2.45) is 0 Å². The lowest BCUT2D eigenvalue weighted by Crippen LogP contribution is -2.23. The zero-order valence-electron chi connectivity index (χ0n) is 14.3. The average Bonchev–Trinajstić information content (AvgIpc) is 2.96. The van der Waals surface area contributed by atoms with E-state index in [4.69, 9.17) is 0 Å². The lowest BCUT2D eigenvalue weighted by molar-refractivity contribution is -0.119. The van der Waals surface area contributed by atoms with E-state index in [1.165, 1.54) is 11.1 Å². The summed E-state index contributed by atoms with van der Waals surface area (Å²) in [7, 11) is 0. The lowest BCUT2D eigenvalue weighted by atomic mass is 9.95. The van der Waals surface area contributed by atoms with E-state index in [9.17, 15) is 9.59 Å². The van der Waals surface area contributed by atoms with E-state index in [0.717, 1.165) is 23.3 Å². The first-order valence-electron chi connectivity index (χ1n) is 8.23. The van der Waals surface area contributed by atoms with Gasteiger partial charge in [-0.1, -0.05) is 30.3 Å². The Morgan fingerprint density at radius 1 is 1.04 bits per heavy atom. The Bertz CT molecular complexity index is 877. The van der Waals surface area contributed by atoms with E-state index in [2.05, 4.69) is 48.4 Å². The van der Waals surface area contributed by atoms with E-state index in [0.29, 0.717) is 12.0 Å². The van der Waals surface area contributed by atoms with Gasteiger partial charge in [-0.2, -0.15) is 0 Å². The van der Waals surface area contributed by atoms with Gasteiger partial charge < -0.3 is 10.3 Å². The summed E-state index contributed by atoms with van der Waals surface area (Å²) in [5, 5.41) is 2.97. The summed E-state index contributed by atoms with van der Waals surface area (Å²) in [6, 6.07) is 10.0. The van der Waals surface area contributed by atoms with Crippen LogP contribution in [0.4, 0.5) is 0 Å². The highest BCUT2D eigenvalue weighted by Gasteiger charge is 2.20. The Morgan fingerprint density at radius 2 is 1.79 bits per heavy atom. The molecule has 4 heteroatoms. The molecule has 0 radical (unpaired) electrons. The first kappa shape index (κ1) is 16.2. The maximum Gasteiger partial charge on any atom is 0.251 e. The summed E-state index contributed by atoms with van der Waals surface area (Å²) in [6.45, 7) is 5.94. The number of aromatic amines is 1. The number of H-pyrrole nitrogens is 1. The predicted molar refractivity (Wildman–Crippen MR) is 96.0 cm³/mol. The van der Waals surface area contributed by atoms with Crippen LogP contribution >= 0.6 is 0 Å². The SMILES string of the molecule is Cc1ccc(/C(=C\[C@H]2CCC(=O)N2)c2ccc(C)c(=O)[nH]2)cc1C. The minimum absolute atomic E-state index is 0.00101. The number of rotatable bonds is 3. The summed E-state index contributed by atoms with van der Waals surface area (Å²) in [5.41, 5.74) is 5.79. The van der Waals surface area contributed by atoms with Crippen LogP contribution in [0.1, 0.15) is 40.8 Å². The van der Waals surface area contributed by atoms with Crippen molar-refractivity contribution in [1.82, 2.24) is 10.3 Å². The molecule has 1 aliphatic rings. The third-order valence-corrected chi connectivity index (χ3v) is 4.61. The second-order valence-corrected chi connectivity index (χ2v) is 6.48. The molecule has 1 aromatic carbocycles. The van der Waals surface area contributed by atoms with Crippen molar-refractivity contribution >= 4 is 11.5 Å². The fourth-order valence-corrected chi connectivity index (χ4v) is 2.92. The van der Waals surface area contributed by atoms with Crippen LogP contribution in [0.5, 0.6) is 0 Å². The molecule has 0 spiro atoms. The molecule has 1 saturated heterocycles. The molecular formula is C20H22N2O2. The molecule has 1 aromatic heterocycles. The van der Waals surface area contributed by atoms with Crippen LogP contribution in [0, 0.1) is 20.8 Å². The van der Waals surface area contributed by atoms with E-state index >= 15 is 0 Å². The topological polar surface area (TPSA) is 62.0 Å². The Hall–Kier alpha value is -2.62. The maximum absolute atomic E-state index is 12.0. The molecule has 3 rings (SSSR count). The number of nitrogens with one attached hydrogen (secondary N) is 2. The van der Waals surface area contributed by atoms with Gasteiger partial charge in [0.1, 0.15) is 0 Å². The second-order valence-electron chi connectivity index (χ2n) is 6.48. The first-order valence-corrected chi connectivity index (χ1v) is 8.23. The van der Waals surface area contributed by atoms with Gasteiger partial charge in [-0.05, 0) is 49.9 Å². The third-order valence-electron chi connectivity index (χ3n) is 4.61. The number of amides is 1. The summed E-state index contributed by atoms with van der Waals surface area (Å²) in [5.74, 6) is 0.0769. The number of hydrogen-bond donors (Lipinski definition) is 2. The highest BCUT2D eigenvalue weighted by molar-refractivity contribution is 5.82. The highest BCUT2D eigenvalue weighted by Crippen LogP contribution is 2.25. The predicted octanol–water partition coefficient (Wildman–Crippen LogP) is 3.01. The van der Waals surface area contributed by atoms with Gasteiger partial charge in [-0.15, -0.1) is 0 Å². The van der Waals surface area contributed by atoms with Crippen molar-refractivity contribution in [2.45, 2.75) is 39.7 Å². The molecule has 0 aliphatic carbocycles. The van der Waals surface area contributed by atoms with Crippen LogP contribution in [-0.2, 0) is 4.79 Å². The maximum atomic E-state index is 12.0. The van der Waals surface area contributed by atoms with Gasteiger partial charge in [0.05, 0.1) is 0 Å². The monoisotopic (exact) mass is 322 g/mol. The van der Waals surface area contributed by atoms with Crippen molar-refractivity contribution in [3.05, 3.63) is 74.7 Å². The van der Waals surface area contributed by atoms with Gasteiger partial charge in [0.15, 0.2) is 0 Å². The molecule has 0 saturated carbocycles. The third kappa shape index (κ3) is 3.32. The van der Waals surface area contributed by atoms with Gasteiger partial charge in [-0.25, -0.2) is 0 Å². The van der Waals surface area contributed by atoms with Gasteiger partial charge >= 0.3 is 0 Å². The van der Waals surface area contributed by atoms with Crippen molar-refractivity contribution < 1.29 is 4.79 Å². The number of aromatic nitrogens is 1. The van der Waals surface area contributed by atoms with Crippen LogP contribution in [0.25, 0.3) is 5.57 Å². The molecule has 124 valence electrons. The average molecular weight is 322 g/mol. The van der Waals surface area contributed by atoms with Crippen molar-refractivity contribution in [1.29, 1.82) is 0 Å². The van der Waals surface area contributed by atoms with Gasteiger partial charge in [0.2, 0.25) is 5.91 Å².